The second-order valence-electron chi connectivity index (χ2n) is 34.8. The number of piperazine rings is 1. The highest BCUT2D eigenvalue weighted by molar-refractivity contribution is 7.26. The minimum atomic E-state index is -4.79. The molecule has 1 N–H and O–H groups in total. The van der Waals surface area contributed by atoms with Gasteiger partial charge in [0.15, 0.2) is 14.5 Å². The lowest BCUT2D eigenvalue weighted by molar-refractivity contribution is -0.158. The summed E-state index contributed by atoms with van der Waals surface area (Å²) in [5.74, 6) is -3.16. The van der Waals surface area contributed by atoms with Gasteiger partial charge in [-0.1, -0.05) is 71.0 Å². The van der Waals surface area contributed by atoms with Crippen molar-refractivity contribution in [2.75, 3.05) is 57.9 Å². The molecule has 4 saturated heterocycles. The van der Waals surface area contributed by atoms with Crippen molar-refractivity contribution in [2.45, 2.75) is 225 Å². The summed E-state index contributed by atoms with van der Waals surface area (Å²) >= 11 is 2.72. The highest BCUT2D eigenvalue weighted by atomic mass is 32.1. The molecule has 3 unspecified atom stereocenters. The average molecular weight is 1500 g/mol. The monoisotopic (exact) mass is 1500 g/mol. The molecule has 4 aliphatic carbocycles. The van der Waals surface area contributed by atoms with Crippen LogP contribution in [-0.4, -0.2) is 174 Å². The molecule has 4 saturated carbocycles. The van der Waals surface area contributed by atoms with Crippen LogP contribution >= 0.6 is 22.7 Å². The molecule has 8 aliphatic rings. The zero-order chi connectivity index (χ0) is 74.7. The van der Waals surface area contributed by atoms with Crippen molar-refractivity contribution < 1.29 is 55.0 Å². The fourth-order valence-corrected chi connectivity index (χ4v) is 21.0. The Balaban J connectivity index is 0.662. The van der Waals surface area contributed by atoms with Crippen LogP contribution in [-0.2, 0) is 41.6 Å². The number of carbonyl (C=O) groups is 3. The molecule has 0 spiro atoms. The van der Waals surface area contributed by atoms with Crippen LogP contribution in [0.3, 0.4) is 0 Å². The normalized spacial score (nSPS) is 25.7. The van der Waals surface area contributed by atoms with Gasteiger partial charge < -0.3 is 38.7 Å². The van der Waals surface area contributed by atoms with E-state index >= 15 is 26.7 Å². The summed E-state index contributed by atoms with van der Waals surface area (Å²) < 4.78 is 109. The highest BCUT2D eigenvalue weighted by Crippen LogP contribution is 2.74. The van der Waals surface area contributed by atoms with Crippen molar-refractivity contribution in [3.05, 3.63) is 88.6 Å². The van der Waals surface area contributed by atoms with Gasteiger partial charge in [0.25, 0.3) is 5.92 Å². The van der Waals surface area contributed by atoms with E-state index in [1.54, 1.807) is 36.6 Å². The van der Waals surface area contributed by atoms with E-state index in [4.69, 9.17) is 38.7 Å². The number of aryl methyl sites for hydroxylation is 2. The Labute approximate surface area is 617 Å². The molecule has 6 aromatic heterocycles. The summed E-state index contributed by atoms with van der Waals surface area (Å²) in [4.78, 5) is 71.8. The maximum atomic E-state index is 16.3. The van der Waals surface area contributed by atoms with Crippen molar-refractivity contribution >= 4 is 85.9 Å². The van der Waals surface area contributed by atoms with E-state index in [0.29, 0.717) is 83.6 Å². The van der Waals surface area contributed by atoms with Crippen LogP contribution in [0.2, 0.25) is 18.1 Å². The first kappa shape index (κ1) is 73.2. The third-order valence-corrected chi connectivity index (χ3v) is 30.2. The molecule has 3 amide bonds. The van der Waals surface area contributed by atoms with Gasteiger partial charge in [-0.15, -0.1) is 27.8 Å². The maximum absolute atomic E-state index is 16.3. The van der Waals surface area contributed by atoms with Crippen molar-refractivity contribution in [3.8, 4) is 27.7 Å². The second-order valence-corrected chi connectivity index (χ2v) is 41.4. The number of amides is 3. The number of thiazole rings is 1. The lowest BCUT2D eigenvalue weighted by atomic mass is 9.34. The fraction of sp³-hybridized carbons (Fsp3) is 0.605. The first-order valence-corrected chi connectivity index (χ1v) is 41.4. The Morgan fingerprint density at radius 2 is 1.60 bits per heavy atom. The van der Waals surface area contributed by atoms with Crippen LogP contribution in [0, 0.1) is 30.1 Å². The van der Waals surface area contributed by atoms with Gasteiger partial charge in [-0.25, -0.2) is 27.9 Å². The number of anilines is 1. The summed E-state index contributed by atoms with van der Waals surface area (Å²) in [5.41, 5.74) is 1.71. The van der Waals surface area contributed by atoms with E-state index in [2.05, 4.69) is 59.4 Å². The first-order valence-electron chi connectivity index (χ1n) is 36.8. The molecule has 0 radical (unpaired) electrons. The fourth-order valence-electron chi connectivity index (χ4n) is 17.7. The van der Waals surface area contributed by atoms with Crippen LogP contribution in [0.1, 0.15) is 167 Å². The van der Waals surface area contributed by atoms with Gasteiger partial charge in [0.1, 0.15) is 34.9 Å². The molecule has 21 nitrogen and oxygen atoms in total. The minimum absolute atomic E-state index is 0.000163. The Bertz CT molecular complexity index is 4670. The van der Waals surface area contributed by atoms with Crippen molar-refractivity contribution in [1.29, 1.82) is 0 Å². The van der Waals surface area contributed by atoms with Gasteiger partial charge in [0, 0.05) is 92.9 Å². The lowest BCUT2D eigenvalue weighted by Gasteiger charge is -2.71. The third kappa shape index (κ3) is 13.4. The molecule has 7 atom stereocenters. The summed E-state index contributed by atoms with van der Waals surface area (Å²) in [6.07, 6.45) is 4.84. The Morgan fingerprint density at radius 1 is 0.886 bits per heavy atom. The number of hydrogen-bond donors (Lipinski definition) is 1. The largest absolute Gasteiger partial charge is 0.462 e. The molecule has 105 heavy (non-hydrogen) atoms. The quantitative estimate of drug-likeness (QED) is 0.0589. The molecule has 29 heteroatoms. The van der Waals surface area contributed by atoms with Gasteiger partial charge >= 0.3 is 18.3 Å². The van der Waals surface area contributed by atoms with Crippen molar-refractivity contribution in [3.63, 3.8) is 0 Å². The van der Waals surface area contributed by atoms with E-state index in [1.807, 2.05) is 96.4 Å². The van der Waals surface area contributed by atoms with Gasteiger partial charge in [0.2, 0.25) is 11.8 Å². The number of likely N-dealkylation sites (tertiary alicyclic amines) is 1. The van der Waals surface area contributed by atoms with E-state index in [0.717, 1.165) is 70.8 Å². The number of thiophene rings is 1. The molecule has 10 heterocycles. The van der Waals surface area contributed by atoms with E-state index in [-0.39, 0.29) is 93.7 Å². The number of ether oxygens (including phenoxy) is 3. The number of hydrogen-bond acceptors (Lipinski definition) is 18. The number of alkyl halides is 5. The zero-order valence-corrected chi connectivity index (χ0v) is 65.0. The summed E-state index contributed by atoms with van der Waals surface area (Å²) in [5, 5.41) is 18.5. The van der Waals surface area contributed by atoms with E-state index in [9.17, 15) is 9.59 Å². The maximum Gasteiger partial charge on any atom is 0.417 e. The summed E-state index contributed by atoms with van der Waals surface area (Å²) in [7, 11) is -0.462. The number of fused-ring (bicyclic) bond motifs is 6. The number of carbonyl (C=O) groups excluding carboxylic acids is 3. The standard InChI is InChI=1S/C76H95F5N14O7S2Si/c1-43-27-52-51(30-85-95(52)55-17-15-16-26-99-55)56(58(43)76(79,80)81)59-61-50(24-25-82-59)57-63(91-31-47-22-23-48(32-91)94(47)68(98)101-70(6,7)8)86-67(87-65(57)104-61)100-41-74(38-75(74,77)78)40-90(12)39-72-35-73(36-72,37-72)54-34-93(89-88-54)62(69(3,4)5)66(97)92-33-49(102-105(13,14)71(9,10)11)28-53(92)64(96)83-29-45-18-20-46(21-19-45)60-44(2)84-42-103-60/h18-21,24-25,27,30,34,42,47-49,53,55,62H,15-17,22-23,26,28-29,31-33,35-41H2,1-14H3,(H,83,96)/t47?,48?,49-,53+,55?,62-,72?,73?,74-/m1/s1. The molecule has 16 rings (SSSR count). The van der Waals surface area contributed by atoms with Crippen LogP contribution < -0.4 is 15.0 Å². The number of benzene rings is 2. The Kier molecular flexibility index (Phi) is 18.1. The molecule has 4 aliphatic heterocycles. The van der Waals surface area contributed by atoms with Crippen LogP contribution in [0.4, 0.5) is 32.6 Å². The molecular weight excluding hydrogens is 1410 g/mol. The molecule has 2 aromatic carbocycles. The predicted molar refractivity (Wildman–Crippen MR) is 395 cm³/mol. The van der Waals surface area contributed by atoms with Gasteiger partial charge in [-0.2, -0.15) is 28.2 Å². The summed E-state index contributed by atoms with van der Waals surface area (Å²) in [6.45, 7) is 27.6. The van der Waals surface area contributed by atoms with Gasteiger partial charge in [-0.05, 0) is 151 Å². The average Bonchev–Trinajstić information content (AvgIpc) is 1.65. The Hall–Kier alpha value is -7.31. The zero-order valence-electron chi connectivity index (χ0n) is 62.3. The molecular formula is C76H95F5N14O7S2Si. The topological polar surface area (TPSA) is 213 Å². The van der Waals surface area contributed by atoms with Gasteiger partial charge in [-0.3, -0.25) is 19.5 Å². The smallest absolute Gasteiger partial charge is 0.417 e. The predicted octanol–water partition coefficient (Wildman–Crippen LogP) is 15.2. The van der Waals surface area contributed by atoms with Crippen molar-refractivity contribution in [2.24, 2.45) is 16.2 Å². The lowest BCUT2D eigenvalue weighted by Crippen LogP contribution is -2.68. The van der Waals surface area contributed by atoms with Gasteiger partial charge in [0.05, 0.1) is 78.4 Å². The highest BCUT2D eigenvalue weighted by Gasteiger charge is 2.73. The molecule has 8 aromatic rings. The third-order valence-electron chi connectivity index (χ3n) is 23.6. The summed E-state index contributed by atoms with van der Waals surface area (Å²) in [6, 6.07) is 9.06. The number of halogens is 5. The Morgan fingerprint density at radius 3 is 2.23 bits per heavy atom. The number of rotatable bonds is 19. The molecule has 8 fully saturated rings. The number of pyridine rings is 1. The van der Waals surface area contributed by atoms with E-state index < -0.39 is 79.8 Å². The molecule has 562 valence electrons. The van der Waals surface area contributed by atoms with Crippen LogP contribution in [0.15, 0.2) is 60.5 Å². The SMILES string of the molecule is Cc1cc2c(cnn2C2CCCCO2)c(-c2nccc3c2sc2nc(OC[C@]4(CN(C)CC56CC(c7cn([C@H](C(=O)N8C[C@H](O[Si](C)(C)C(C)(C)C)C[C@H]8C(=O)NCc8ccc(-c9scnc9C)cc8)C(C)(C)C)nn7)(C5)C6)CC4(F)F)nc(N4CC5CCC(C4)N5C(=O)OC(C)(C)C)c23)c1C(F)(F)F. The van der Waals surface area contributed by atoms with Crippen LogP contribution in [0.25, 0.3) is 52.9 Å². The minimum Gasteiger partial charge on any atom is -0.462 e. The molecule has 4 bridgehead atoms. The number of nitrogens with one attached hydrogen (secondary N) is 1. The van der Waals surface area contributed by atoms with Crippen molar-refractivity contribution in [1.82, 2.24) is 64.7 Å². The first-order chi connectivity index (χ1) is 49.3. The van der Waals surface area contributed by atoms with E-state index in [1.165, 1.54) is 25.4 Å². The second kappa shape index (κ2) is 26.0. The number of aromatic nitrogens is 9. The number of nitrogens with zero attached hydrogens (tertiary/aromatic N) is 13. The van der Waals surface area contributed by atoms with Crippen LogP contribution in [0.5, 0.6) is 6.01 Å².